The van der Waals surface area contributed by atoms with Crippen molar-refractivity contribution in [2.24, 2.45) is 22.4 Å². The number of nitrogens with two attached hydrogens (primary N) is 2. The number of phosphoric acid groups is 1. The molecule has 7 N–H and O–H groups in total. The van der Waals surface area contributed by atoms with Crippen molar-refractivity contribution in [3.63, 3.8) is 0 Å². The molecule has 0 radical (unpaired) electrons. The maximum absolute atomic E-state index is 11.6. The molecule has 1 saturated heterocycles. The summed E-state index contributed by atoms with van der Waals surface area (Å²) in [5.74, 6) is 5.37. The number of aliphatic hydroxyl groups is 1. The Morgan fingerprint density at radius 3 is 3.04 bits per heavy atom. The van der Waals surface area contributed by atoms with E-state index >= 15 is 0 Å². The number of rotatable bonds is 6. The molecule has 11 nitrogen and oxygen atoms in total. The Hall–Kier alpha value is -1.13. The van der Waals surface area contributed by atoms with Gasteiger partial charge in [0.2, 0.25) is 0 Å². The van der Waals surface area contributed by atoms with Crippen molar-refractivity contribution in [3.8, 4) is 11.8 Å². The van der Waals surface area contributed by atoms with Gasteiger partial charge in [-0.25, -0.2) is 4.57 Å². The summed E-state index contributed by atoms with van der Waals surface area (Å²) < 4.78 is 26.9. The Labute approximate surface area is 168 Å². The smallest absolute Gasteiger partial charge is 0.390 e. The van der Waals surface area contributed by atoms with Gasteiger partial charge in [0.05, 0.1) is 37.7 Å². The molecule has 3 aliphatic heterocycles. The molecule has 0 aromatic carbocycles. The molecule has 156 valence electrons. The second-order valence-electron chi connectivity index (χ2n) is 6.40. The van der Waals surface area contributed by atoms with E-state index in [0.717, 1.165) is 5.57 Å². The predicted octanol–water partition coefficient (Wildman–Crippen LogP) is -1.50. The SMILES string of the molecule is NCC#CC1=CN([C@H]2C[C@@H](O)[C@@H](COP(=O)(O)OCS)O2)C2N=CNC(N)C12. The summed E-state index contributed by atoms with van der Waals surface area (Å²) in [5, 5.41) is 13.3. The van der Waals surface area contributed by atoms with Gasteiger partial charge >= 0.3 is 7.82 Å². The van der Waals surface area contributed by atoms with Crippen LogP contribution in [0.5, 0.6) is 0 Å². The van der Waals surface area contributed by atoms with Crippen molar-refractivity contribution in [3.05, 3.63) is 11.8 Å². The Kier molecular flexibility index (Phi) is 7.03. The summed E-state index contributed by atoms with van der Waals surface area (Å²) in [6.45, 7) is -0.0939. The third-order valence-electron chi connectivity index (χ3n) is 4.65. The van der Waals surface area contributed by atoms with Crippen LogP contribution in [0.15, 0.2) is 16.8 Å². The topological polar surface area (TPSA) is 165 Å². The van der Waals surface area contributed by atoms with E-state index in [4.69, 9.17) is 20.7 Å². The van der Waals surface area contributed by atoms with Gasteiger partial charge in [-0.1, -0.05) is 11.8 Å². The van der Waals surface area contributed by atoms with Crippen LogP contribution >= 0.6 is 20.5 Å². The van der Waals surface area contributed by atoms with Gasteiger partial charge in [0, 0.05) is 18.2 Å². The molecule has 0 bridgehead atoms. The van der Waals surface area contributed by atoms with Crippen molar-refractivity contribution in [2.45, 2.75) is 37.2 Å². The van der Waals surface area contributed by atoms with Crippen LogP contribution in [0.2, 0.25) is 0 Å². The molecule has 3 aliphatic rings. The Morgan fingerprint density at radius 1 is 1.54 bits per heavy atom. The quantitative estimate of drug-likeness (QED) is 0.126. The third-order valence-corrected chi connectivity index (χ3v) is 5.91. The lowest BCUT2D eigenvalue weighted by atomic mass is 9.95. The molecule has 0 aromatic rings. The molecule has 3 rings (SSSR count). The molecule has 0 saturated carbocycles. The third kappa shape index (κ3) is 4.71. The lowest BCUT2D eigenvalue weighted by Crippen LogP contribution is -2.53. The van der Waals surface area contributed by atoms with Crippen LogP contribution in [-0.2, 0) is 18.3 Å². The van der Waals surface area contributed by atoms with E-state index in [-0.39, 0.29) is 43.8 Å². The minimum absolute atomic E-state index is 0.193. The maximum Gasteiger partial charge on any atom is 0.473 e. The van der Waals surface area contributed by atoms with Crippen LogP contribution in [0.1, 0.15) is 6.42 Å². The number of phosphoric ester groups is 1. The molecule has 13 heteroatoms. The van der Waals surface area contributed by atoms with Gasteiger partial charge in [-0.15, -0.1) is 0 Å². The van der Waals surface area contributed by atoms with Crippen LogP contribution in [-0.4, -0.2) is 71.1 Å². The summed E-state index contributed by atoms with van der Waals surface area (Å²) in [6.07, 6.45) is 0.651. The zero-order valence-corrected chi connectivity index (χ0v) is 16.7. The first-order valence-electron chi connectivity index (χ1n) is 8.64. The number of nitrogens with zero attached hydrogens (tertiary/aromatic N) is 2. The number of aliphatic hydroxyl groups excluding tert-OH is 1. The molecule has 4 unspecified atom stereocenters. The van der Waals surface area contributed by atoms with Crippen LogP contribution in [0.4, 0.5) is 0 Å². The molecule has 1 fully saturated rings. The zero-order valence-electron chi connectivity index (χ0n) is 14.9. The first-order chi connectivity index (χ1) is 13.4. The van der Waals surface area contributed by atoms with E-state index in [9.17, 15) is 14.6 Å². The molecule has 0 spiro atoms. The van der Waals surface area contributed by atoms with Crippen LogP contribution < -0.4 is 16.8 Å². The second-order valence-corrected chi connectivity index (χ2v) is 8.11. The lowest BCUT2D eigenvalue weighted by Gasteiger charge is -2.35. The average molecular weight is 433 g/mol. The highest BCUT2D eigenvalue weighted by molar-refractivity contribution is 7.80. The summed E-state index contributed by atoms with van der Waals surface area (Å²) in [4.78, 5) is 15.8. The van der Waals surface area contributed by atoms with Gasteiger partial charge in [0.25, 0.3) is 0 Å². The van der Waals surface area contributed by atoms with Gasteiger partial charge in [-0.2, -0.15) is 12.6 Å². The van der Waals surface area contributed by atoms with E-state index in [1.54, 1.807) is 0 Å². The number of nitrogens with one attached hydrogen (secondary N) is 1. The first kappa shape index (κ1) is 21.6. The van der Waals surface area contributed by atoms with Crippen LogP contribution in [0.25, 0.3) is 0 Å². The molecule has 0 amide bonds. The number of fused-ring (bicyclic) bond motifs is 1. The van der Waals surface area contributed by atoms with E-state index in [1.165, 1.54) is 6.34 Å². The van der Waals surface area contributed by atoms with Crippen molar-refractivity contribution in [1.29, 1.82) is 0 Å². The van der Waals surface area contributed by atoms with E-state index in [0.29, 0.717) is 0 Å². The number of hydrogen-bond donors (Lipinski definition) is 6. The molecular formula is C15H24N5O6PS. The molecule has 0 aliphatic carbocycles. The minimum Gasteiger partial charge on any atom is -0.390 e. The molecule has 7 atom stereocenters. The van der Waals surface area contributed by atoms with Gasteiger partial charge in [-0.05, 0) is 0 Å². The maximum atomic E-state index is 11.6. The second kappa shape index (κ2) is 9.13. The van der Waals surface area contributed by atoms with Gasteiger partial charge in [-0.3, -0.25) is 14.0 Å². The van der Waals surface area contributed by atoms with E-state index in [1.807, 2.05) is 11.1 Å². The van der Waals surface area contributed by atoms with Crippen LogP contribution in [0, 0.1) is 17.8 Å². The van der Waals surface area contributed by atoms with Crippen molar-refractivity contribution in [1.82, 2.24) is 10.2 Å². The molecule has 0 aromatic heterocycles. The highest BCUT2D eigenvalue weighted by Crippen LogP contribution is 2.44. The van der Waals surface area contributed by atoms with E-state index in [2.05, 4.69) is 39.3 Å². The van der Waals surface area contributed by atoms with Crippen LogP contribution in [0.3, 0.4) is 0 Å². The standard InChI is InChI=1S/C15H24N5O6PS/c16-3-1-2-9-5-20(15-13(9)14(17)18-7-19-15)12-4-10(21)11(26-12)6-24-27(22,23)25-8-28/h5,7,10-15,21,28H,3-4,6,8,16-17H2,(H,18,19)(H,22,23)/t10-,11-,12-,13?,14?,15?/m1/s1. The number of thiol groups is 1. The summed E-state index contributed by atoms with van der Waals surface area (Å²) in [5.41, 5.74) is 12.4. The Bertz CT molecular complexity index is 742. The number of ether oxygens (including phenoxy) is 1. The Balaban J connectivity index is 1.70. The molecule has 3 heterocycles. The lowest BCUT2D eigenvalue weighted by molar-refractivity contribution is -0.0746. The minimum atomic E-state index is -4.24. The normalized spacial score (nSPS) is 36.2. The van der Waals surface area contributed by atoms with E-state index < -0.39 is 26.3 Å². The fourth-order valence-electron chi connectivity index (χ4n) is 3.38. The Morgan fingerprint density at radius 2 is 2.32 bits per heavy atom. The van der Waals surface area contributed by atoms with Crippen molar-refractivity contribution >= 4 is 26.8 Å². The van der Waals surface area contributed by atoms with Crippen molar-refractivity contribution in [2.75, 3.05) is 19.1 Å². The highest BCUT2D eigenvalue weighted by atomic mass is 32.1. The van der Waals surface area contributed by atoms with Crippen molar-refractivity contribution < 1.29 is 28.3 Å². The largest absolute Gasteiger partial charge is 0.473 e. The molecule has 28 heavy (non-hydrogen) atoms. The monoisotopic (exact) mass is 433 g/mol. The summed E-state index contributed by atoms with van der Waals surface area (Å²) >= 11 is 3.72. The van der Waals surface area contributed by atoms with Gasteiger partial charge in [0.1, 0.15) is 24.4 Å². The fourth-order valence-corrected chi connectivity index (χ4v) is 4.37. The molecular weight excluding hydrogens is 409 g/mol. The van der Waals surface area contributed by atoms with Gasteiger partial charge in [0.15, 0.2) is 0 Å². The number of hydrogen-bond acceptors (Lipinski definition) is 11. The fraction of sp³-hybridized carbons (Fsp3) is 0.667. The first-order valence-corrected chi connectivity index (χ1v) is 10.8. The summed E-state index contributed by atoms with van der Waals surface area (Å²) in [6, 6.07) is 0. The summed E-state index contributed by atoms with van der Waals surface area (Å²) in [7, 11) is -4.24. The average Bonchev–Trinajstić information content (AvgIpc) is 3.19. The van der Waals surface area contributed by atoms with Gasteiger partial charge < -0.3 is 36.4 Å². The number of aliphatic imine (C=N–C) groups is 1. The zero-order chi connectivity index (χ0) is 20.3. The predicted molar refractivity (Wildman–Crippen MR) is 104 cm³/mol. The highest BCUT2D eigenvalue weighted by Gasteiger charge is 2.47.